The number of benzene rings is 3. The normalized spacial score (nSPS) is 10.7. The Bertz CT molecular complexity index is 987. The molecule has 0 amide bonds. The van der Waals surface area contributed by atoms with Crippen molar-refractivity contribution in [3.05, 3.63) is 96.3 Å². The molecule has 3 aromatic carbocycles. The fraction of sp³-hybridized carbons (Fsp3) is 0.0435. The summed E-state index contributed by atoms with van der Waals surface area (Å²) >= 11 is 0. The third-order valence-corrected chi connectivity index (χ3v) is 4.29. The first kappa shape index (κ1) is 16.2. The molecule has 0 atom stereocenters. The van der Waals surface area contributed by atoms with Gasteiger partial charge in [-0.1, -0.05) is 60.7 Å². The molecular weight excluding hydrogens is 323 g/mol. The molecule has 4 aromatic rings. The fourth-order valence-corrected chi connectivity index (χ4v) is 2.97. The molecule has 1 aromatic heterocycles. The lowest BCUT2D eigenvalue weighted by Crippen LogP contribution is -1.97. The SMILES string of the molecule is Cc1cc(F)ccc1-c1cc(-c2ccccc2)nc(-c2ccccc2)n1. The minimum atomic E-state index is -0.244. The van der Waals surface area contributed by atoms with E-state index in [1.165, 1.54) is 12.1 Å². The van der Waals surface area contributed by atoms with Crippen molar-refractivity contribution >= 4 is 0 Å². The second kappa shape index (κ2) is 6.89. The highest BCUT2D eigenvalue weighted by Gasteiger charge is 2.12. The van der Waals surface area contributed by atoms with Gasteiger partial charge in [0.25, 0.3) is 0 Å². The molecular formula is C23H17FN2. The lowest BCUT2D eigenvalue weighted by atomic mass is 10.0. The summed E-state index contributed by atoms with van der Waals surface area (Å²) in [6.45, 7) is 1.89. The number of aromatic nitrogens is 2. The van der Waals surface area contributed by atoms with Crippen LogP contribution in [0.1, 0.15) is 5.56 Å². The Morgan fingerprint density at radius 3 is 1.92 bits per heavy atom. The monoisotopic (exact) mass is 340 g/mol. The van der Waals surface area contributed by atoms with Crippen LogP contribution in [0.3, 0.4) is 0 Å². The summed E-state index contributed by atoms with van der Waals surface area (Å²) in [4.78, 5) is 9.52. The molecule has 0 spiro atoms. The molecule has 0 aliphatic heterocycles. The van der Waals surface area contributed by atoms with Gasteiger partial charge in [-0.2, -0.15) is 0 Å². The van der Waals surface area contributed by atoms with E-state index in [1.807, 2.05) is 73.7 Å². The first-order valence-electron chi connectivity index (χ1n) is 8.47. The summed E-state index contributed by atoms with van der Waals surface area (Å²) in [5, 5.41) is 0. The van der Waals surface area contributed by atoms with Gasteiger partial charge in [0.2, 0.25) is 0 Å². The Kier molecular flexibility index (Phi) is 4.28. The minimum absolute atomic E-state index is 0.244. The Balaban J connectivity index is 1.94. The van der Waals surface area contributed by atoms with Gasteiger partial charge in [-0.3, -0.25) is 0 Å². The maximum atomic E-state index is 13.5. The molecule has 3 heteroatoms. The van der Waals surface area contributed by atoms with Gasteiger partial charge in [-0.05, 0) is 36.8 Å². The summed E-state index contributed by atoms with van der Waals surface area (Å²) < 4.78 is 13.5. The topological polar surface area (TPSA) is 25.8 Å². The van der Waals surface area contributed by atoms with E-state index in [0.717, 1.165) is 33.6 Å². The zero-order chi connectivity index (χ0) is 17.9. The molecule has 0 unspecified atom stereocenters. The third-order valence-electron chi connectivity index (χ3n) is 4.29. The highest BCUT2D eigenvalue weighted by molar-refractivity contribution is 5.73. The molecule has 0 aliphatic carbocycles. The van der Waals surface area contributed by atoms with Crippen LogP contribution in [0, 0.1) is 12.7 Å². The van der Waals surface area contributed by atoms with Gasteiger partial charge in [0, 0.05) is 16.7 Å². The van der Waals surface area contributed by atoms with Crippen molar-refractivity contribution in [1.29, 1.82) is 0 Å². The first-order valence-corrected chi connectivity index (χ1v) is 8.47. The van der Waals surface area contributed by atoms with Crippen molar-refractivity contribution in [1.82, 2.24) is 9.97 Å². The van der Waals surface area contributed by atoms with Crippen molar-refractivity contribution in [2.24, 2.45) is 0 Å². The molecule has 0 bridgehead atoms. The summed E-state index contributed by atoms with van der Waals surface area (Å²) in [6.07, 6.45) is 0. The smallest absolute Gasteiger partial charge is 0.160 e. The third kappa shape index (κ3) is 3.24. The molecule has 126 valence electrons. The van der Waals surface area contributed by atoms with Crippen LogP contribution in [0.15, 0.2) is 84.9 Å². The number of nitrogens with zero attached hydrogens (tertiary/aromatic N) is 2. The molecule has 26 heavy (non-hydrogen) atoms. The van der Waals surface area contributed by atoms with Crippen molar-refractivity contribution in [2.45, 2.75) is 6.92 Å². The van der Waals surface area contributed by atoms with Crippen LogP contribution in [0.5, 0.6) is 0 Å². The van der Waals surface area contributed by atoms with Gasteiger partial charge < -0.3 is 0 Å². The number of rotatable bonds is 3. The maximum absolute atomic E-state index is 13.5. The van der Waals surface area contributed by atoms with E-state index in [0.29, 0.717) is 5.82 Å². The van der Waals surface area contributed by atoms with Crippen molar-refractivity contribution in [3.8, 4) is 33.9 Å². The zero-order valence-electron chi connectivity index (χ0n) is 14.4. The van der Waals surface area contributed by atoms with Crippen LogP contribution in [-0.2, 0) is 0 Å². The Morgan fingerprint density at radius 1 is 0.654 bits per heavy atom. The molecule has 0 fully saturated rings. The minimum Gasteiger partial charge on any atom is -0.228 e. The van der Waals surface area contributed by atoms with Crippen LogP contribution >= 0.6 is 0 Å². The van der Waals surface area contributed by atoms with E-state index in [9.17, 15) is 4.39 Å². The second-order valence-corrected chi connectivity index (χ2v) is 6.15. The quantitative estimate of drug-likeness (QED) is 0.462. The molecule has 1 heterocycles. The van der Waals surface area contributed by atoms with E-state index in [2.05, 4.69) is 0 Å². The van der Waals surface area contributed by atoms with Gasteiger partial charge >= 0.3 is 0 Å². The molecule has 0 N–H and O–H groups in total. The number of hydrogen-bond acceptors (Lipinski definition) is 2. The van der Waals surface area contributed by atoms with Crippen molar-refractivity contribution in [2.75, 3.05) is 0 Å². The Labute approximate surface area is 152 Å². The van der Waals surface area contributed by atoms with Crippen LogP contribution in [0.2, 0.25) is 0 Å². The van der Waals surface area contributed by atoms with Crippen molar-refractivity contribution in [3.63, 3.8) is 0 Å². The maximum Gasteiger partial charge on any atom is 0.160 e. The van der Waals surface area contributed by atoms with Crippen LogP contribution in [-0.4, -0.2) is 9.97 Å². The standard InChI is InChI=1S/C23H17FN2/c1-16-14-19(24)12-13-20(16)22-15-21(17-8-4-2-5-9-17)25-23(26-22)18-10-6-3-7-11-18/h2-15H,1H3. The van der Waals surface area contributed by atoms with E-state index >= 15 is 0 Å². The molecule has 0 saturated carbocycles. The van der Waals surface area contributed by atoms with Crippen LogP contribution < -0.4 is 0 Å². The Morgan fingerprint density at radius 2 is 1.27 bits per heavy atom. The second-order valence-electron chi connectivity index (χ2n) is 6.15. The summed E-state index contributed by atoms with van der Waals surface area (Å²) in [5.74, 6) is 0.414. The summed E-state index contributed by atoms with van der Waals surface area (Å²) in [7, 11) is 0. The van der Waals surface area contributed by atoms with E-state index < -0.39 is 0 Å². The average molecular weight is 340 g/mol. The predicted octanol–water partition coefficient (Wildman–Crippen LogP) is 5.93. The summed E-state index contributed by atoms with van der Waals surface area (Å²) in [5.41, 5.74) is 5.36. The highest BCUT2D eigenvalue weighted by atomic mass is 19.1. The molecule has 4 rings (SSSR count). The first-order chi connectivity index (χ1) is 12.7. The summed E-state index contributed by atoms with van der Waals surface area (Å²) in [6, 6.07) is 26.6. The molecule has 2 nitrogen and oxygen atoms in total. The molecule has 0 aliphatic rings. The Hall–Kier alpha value is -3.33. The zero-order valence-corrected chi connectivity index (χ0v) is 14.4. The van der Waals surface area contributed by atoms with Gasteiger partial charge in [0.1, 0.15) is 5.82 Å². The van der Waals surface area contributed by atoms with Gasteiger partial charge in [-0.15, -0.1) is 0 Å². The molecule has 0 radical (unpaired) electrons. The predicted molar refractivity (Wildman–Crippen MR) is 103 cm³/mol. The van der Waals surface area contributed by atoms with E-state index in [4.69, 9.17) is 9.97 Å². The van der Waals surface area contributed by atoms with Crippen LogP contribution in [0.4, 0.5) is 4.39 Å². The number of halogens is 1. The van der Waals surface area contributed by atoms with Crippen molar-refractivity contribution < 1.29 is 4.39 Å². The number of aryl methyl sites for hydroxylation is 1. The lowest BCUT2D eigenvalue weighted by Gasteiger charge is -2.11. The largest absolute Gasteiger partial charge is 0.228 e. The van der Waals surface area contributed by atoms with Gasteiger partial charge in [0.15, 0.2) is 5.82 Å². The fourth-order valence-electron chi connectivity index (χ4n) is 2.97. The number of hydrogen-bond donors (Lipinski definition) is 0. The van der Waals surface area contributed by atoms with E-state index in [1.54, 1.807) is 6.07 Å². The molecule has 0 saturated heterocycles. The average Bonchev–Trinajstić information content (AvgIpc) is 2.69. The highest BCUT2D eigenvalue weighted by Crippen LogP contribution is 2.29. The van der Waals surface area contributed by atoms with Gasteiger partial charge in [-0.25, -0.2) is 14.4 Å². The lowest BCUT2D eigenvalue weighted by molar-refractivity contribution is 0.627. The van der Waals surface area contributed by atoms with Crippen LogP contribution in [0.25, 0.3) is 33.9 Å². The van der Waals surface area contributed by atoms with Gasteiger partial charge in [0.05, 0.1) is 11.4 Å². The van der Waals surface area contributed by atoms with E-state index in [-0.39, 0.29) is 5.82 Å².